The third kappa shape index (κ3) is 5.86. The molecule has 0 aliphatic rings. The van der Waals surface area contributed by atoms with E-state index in [1.165, 1.54) is 12.0 Å². The van der Waals surface area contributed by atoms with Gasteiger partial charge in [0, 0.05) is 33.2 Å². The molecule has 18 heavy (non-hydrogen) atoms. The summed E-state index contributed by atoms with van der Waals surface area (Å²) in [5, 5.41) is 11.5. The molecule has 0 saturated carbocycles. The first-order valence-electron chi connectivity index (χ1n) is 6.19. The van der Waals surface area contributed by atoms with E-state index in [0.29, 0.717) is 6.61 Å². The zero-order valence-corrected chi connectivity index (χ0v) is 11.6. The van der Waals surface area contributed by atoms with Gasteiger partial charge in [0.2, 0.25) is 0 Å². The van der Waals surface area contributed by atoms with Crippen molar-refractivity contribution >= 4 is 12.0 Å². The van der Waals surface area contributed by atoms with Crippen LogP contribution in [0.5, 0.6) is 0 Å². The molecule has 2 amide bonds. The highest BCUT2D eigenvalue weighted by molar-refractivity contribution is 5.82. The summed E-state index contributed by atoms with van der Waals surface area (Å²) in [5.74, 6) is -1.04. The van der Waals surface area contributed by atoms with Crippen molar-refractivity contribution in [2.45, 2.75) is 45.2 Å². The van der Waals surface area contributed by atoms with Crippen molar-refractivity contribution in [3.8, 4) is 0 Å². The molecule has 6 heteroatoms. The highest BCUT2D eigenvalue weighted by atomic mass is 16.5. The van der Waals surface area contributed by atoms with Crippen LogP contribution in [0.15, 0.2) is 0 Å². The van der Waals surface area contributed by atoms with Gasteiger partial charge in [-0.1, -0.05) is 13.3 Å². The number of hydrogen-bond acceptors (Lipinski definition) is 3. The Morgan fingerprint density at radius 1 is 1.39 bits per heavy atom. The number of carboxylic acid groups (broad SMARTS) is 1. The second-order valence-corrected chi connectivity index (χ2v) is 4.37. The molecule has 0 saturated heterocycles. The third-order valence-corrected chi connectivity index (χ3v) is 2.89. The molecule has 0 aromatic rings. The Morgan fingerprint density at radius 2 is 2.00 bits per heavy atom. The number of rotatable bonds is 8. The topological polar surface area (TPSA) is 78.9 Å². The van der Waals surface area contributed by atoms with Crippen molar-refractivity contribution < 1.29 is 19.4 Å². The number of amides is 2. The highest BCUT2D eigenvalue weighted by Crippen LogP contribution is 2.05. The van der Waals surface area contributed by atoms with Gasteiger partial charge in [-0.2, -0.15) is 0 Å². The molecular formula is C12H24N2O4. The van der Waals surface area contributed by atoms with Crippen LogP contribution in [0.25, 0.3) is 0 Å². The number of nitrogens with zero attached hydrogens (tertiary/aromatic N) is 1. The average molecular weight is 260 g/mol. The smallest absolute Gasteiger partial charge is 0.326 e. The van der Waals surface area contributed by atoms with Gasteiger partial charge in [0.15, 0.2) is 0 Å². The Kier molecular flexibility index (Phi) is 8.11. The maximum atomic E-state index is 11.8. The van der Waals surface area contributed by atoms with Crippen LogP contribution in [0, 0.1) is 0 Å². The number of hydrogen-bond donors (Lipinski definition) is 2. The van der Waals surface area contributed by atoms with Crippen LogP contribution in [0.2, 0.25) is 0 Å². The Balaban J connectivity index is 4.35. The van der Waals surface area contributed by atoms with Crippen molar-refractivity contribution in [2.75, 3.05) is 20.8 Å². The fourth-order valence-corrected chi connectivity index (χ4v) is 1.56. The second-order valence-electron chi connectivity index (χ2n) is 4.37. The predicted molar refractivity (Wildman–Crippen MR) is 68.6 cm³/mol. The SMILES string of the molecule is CCCC(C)N(C)C(=O)NC(CCOC)C(=O)O. The number of urea groups is 1. The normalized spacial score (nSPS) is 13.8. The van der Waals surface area contributed by atoms with E-state index in [-0.39, 0.29) is 18.5 Å². The molecule has 2 N–H and O–H groups in total. The van der Waals surface area contributed by atoms with E-state index >= 15 is 0 Å². The van der Waals surface area contributed by atoms with E-state index in [9.17, 15) is 9.59 Å². The van der Waals surface area contributed by atoms with Gasteiger partial charge in [0.25, 0.3) is 0 Å². The summed E-state index contributed by atoms with van der Waals surface area (Å²) in [4.78, 5) is 24.4. The van der Waals surface area contributed by atoms with Gasteiger partial charge >= 0.3 is 12.0 Å². The van der Waals surface area contributed by atoms with Crippen LogP contribution in [0.4, 0.5) is 4.79 Å². The zero-order valence-electron chi connectivity index (χ0n) is 11.6. The summed E-state index contributed by atoms with van der Waals surface area (Å²) in [6, 6.07) is -1.18. The van der Waals surface area contributed by atoms with Gasteiger partial charge in [-0.3, -0.25) is 0 Å². The average Bonchev–Trinajstić information content (AvgIpc) is 2.33. The molecule has 6 nitrogen and oxygen atoms in total. The summed E-state index contributed by atoms with van der Waals surface area (Å²) < 4.78 is 4.82. The molecule has 2 atom stereocenters. The molecule has 0 radical (unpaired) electrons. The van der Waals surface area contributed by atoms with E-state index < -0.39 is 12.0 Å². The van der Waals surface area contributed by atoms with Crippen LogP contribution in [0.1, 0.15) is 33.1 Å². The molecule has 0 rings (SSSR count). The van der Waals surface area contributed by atoms with E-state index in [4.69, 9.17) is 9.84 Å². The van der Waals surface area contributed by atoms with Gasteiger partial charge in [-0.15, -0.1) is 0 Å². The summed E-state index contributed by atoms with van der Waals surface area (Å²) in [7, 11) is 3.17. The van der Waals surface area contributed by atoms with Crippen LogP contribution >= 0.6 is 0 Å². The lowest BCUT2D eigenvalue weighted by Crippen LogP contribution is -2.49. The van der Waals surface area contributed by atoms with Gasteiger partial charge < -0.3 is 20.1 Å². The molecule has 0 aromatic carbocycles. The number of carbonyl (C=O) groups excluding carboxylic acids is 1. The van der Waals surface area contributed by atoms with Gasteiger partial charge in [-0.05, 0) is 13.3 Å². The first-order valence-corrected chi connectivity index (χ1v) is 6.19. The standard InChI is InChI=1S/C12H24N2O4/c1-5-6-9(2)14(3)12(17)13-10(11(15)16)7-8-18-4/h9-10H,5-8H2,1-4H3,(H,13,17)(H,15,16). The second kappa shape index (κ2) is 8.74. The minimum absolute atomic E-state index is 0.0897. The molecule has 0 bridgehead atoms. The van der Waals surface area contributed by atoms with E-state index in [1.54, 1.807) is 7.05 Å². The number of aliphatic carboxylic acids is 1. The molecule has 106 valence electrons. The van der Waals surface area contributed by atoms with E-state index in [2.05, 4.69) is 5.32 Å². The lowest BCUT2D eigenvalue weighted by molar-refractivity contribution is -0.139. The number of methoxy groups -OCH3 is 1. The van der Waals surface area contributed by atoms with Crippen LogP contribution in [-0.4, -0.2) is 54.9 Å². The third-order valence-electron chi connectivity index (χ3n) is 2.89. The van der Waals surface area contributed by atoms with Gasteiger partial charge in [-0.25, -0.2) is 9.59 Å². The fraction of sp³-hybridized carbons (Fsp3) is 0.833. The van der Waals surface area contributed by atoms with Gasteiger partial charge in [0.05, 0.1) is 0 Å². The molecule has 0 heterocycles. The minimum Gasteiger partial charge on any atom is -0.480 e. The highest BCUT2D eigenvalue weighted by Gasteiger charge is 2.23. The first kappa shape index (κ1) is 16.7. The van der Waals surface area contributed by atoms with Gasteiger partial charge in [0.1, 0.15) is 6.04 Å². The van der Waals surface area contributed by atoms with Crippen molar-refractivity contribution in [1.29, 1.82) is 0 Å². The number of nitrogens with one attached hydrogen (secondary N) is 1. The maximum Gasteiger partial charge on any atom is 0.326 e. The molecule has 0 aliphatic carbocycles. The molecule has 0 aliphatic heterocycles. The van der Waals surface area contributed by atoms with Crippen LogP contribution in [0.3, 0.4) is 0 Å². The Bertz CT molecular complexity index is 271. The van der Waals surface area contributed by atoms with Crippen molar-refractivity contribution in [1.82, 2.24) is 10.2 Å². The quantitative estimate of drug-likeness (QED) is 0.689. The van der Waals surface area contributed by atoms with Crippen molar-refractivity contribution in [2.24, 2.45) is 0 Å². The van der Waals surface area contributed by atoms with Crippen molar-refractivity contribution in [3.05, 3.63) is 0 Å². The Hall–Kier alpha value is -1.30. The lowest BCUT2D eigenvalue weighted by Gasteiger charge is -2.26. The summed E-state index contributed by atoms with van der Waals surface area (Å²) in [6.45, 7) is 4.28. The maximum absolute atomic E-state index is 11.8. The molecular weight excluding hydrogens is 236 g/mol. The summed E-state index contributed by atoms with van der Waals surface area (Å²) in [6.07, 6.45) is 2.12. The molecule has 0 aromatic heterocycles. The summed E-state index contributed by atoms with van der Waals surface area (Å²) in [5.41, 5.74) is 0. The molecule has 0 spiro atoms. The zero-order chi connectivity index (χ0) is 14.1. The van der Waals surface area contributed by atoms with E-state index in [1.807, 2.05) is 13.8 Å². The monoisotopic (exact) mass is 260 g/mol. The number of ether oxygens (including phenoxy) is 1. The summed E-state index contributed by atoms with van der Waals surface area (Å²) >= 11 is 0. The van der Waals surface area contributed by atoms with Crippen molar-refractivity contribution in [3.63, 3.8) is 0 Å². The number of carbonyl (C=O) groups is 2. The lowest BCUT2D eigenvalue weighted by atomic mass is 10.2. The predicted octanol–water partition coefficient (Wildman–Crippen LogP) is 1.31. The first-order chi connectivity index (χ1) is 8.43. The minimum atomic E-state index is -1.04. The molecule has 0 fully saturated rings. The van der Waals surface area contributed by atoms with Crippen LogP contribution in [-0.2, 0) is 9.53 Å². The van der Waals surface area contributed by atoms with Crippen LogP contribution < -0.4 is 5.32 Å². The number of carboxylic acids is 1. The largest absolute Gasteiger partial charge is 0.480 e. The fourth-order valence-electron chi connectivity index (χ4n) is 1.56. The Labute approximate surface area is 108 Å². The Morgan fingerprint density at radius 3 is 2.44 bits per heavy atom. The molecule has 2 unspecified atom stereocenters. The van der Waals surface area contributed by atoms with E-state index in [0.717, 1.165) is 12.8 Å².